The van der Waals surface area contributed by atoms with Crippen LogP contribution in [0.25, 0.3) is 22.4 Å². The van der Waals surface area contributed by atoms with Crippen molar-refractivity contribution < 1.29 is 14.4 Å². The van der Waals surface area contributed by atoms with Crippen molar-refractivity contribution in [3.05, 3.63) is 53.2 Å². The van der Waals surface area contributed by atoms with Gasteiger partial charge >= 0.3 is 0 Å². The van der Waals surface area contributed by atoms with E-state index in [0.717, 1.165) is 23.1 Å². The first-order valence-corrected chi connectivity index (χ1v) is 7.62. The summed E-state index contributed by atoms with van der Waals surface area (Å²) in [6, 6.07) is 10.9. The number of halogens is 1. The number of aromatic hydroxyl groups is 1. The summed E-state index contributed by atoms with van der Waals surface area (Å²) >= 11 is 5.94. The molecular weight excluding hydrogens is 314 g/mol. The molecule has 0 saturated heterocycles. The largest absolute Gasteiger partial charge is 0.507 e. The minimum absolute atomic E-state index is 0.100. The van der Waals surface area contributed by atoms with Gasteiger partial charge < -0.3 is 14.4 Å². The summed E-state index contributed by atoms with van der Waals surface area (Å²) in [5.41, 5.74) is 3.90. The molecule has 0 spiro atoms. The van der Waals surface area contributed by atoms with Crippen LogP contribution >= 0.6 is 11.6 Å². The molecule has 4 nitrogen and oxygen atoms in total. The van der Waals surface area contributed by atoms with Crippen molar-refractivity contribution in [3.63, 3.8) is 0 Å². The van der Waals surface area contributed by atoms with Crippen LogP contribution in [0.15, 0.2) is 47.2 Å². The Balaban J connectivity index is 2.13. The molecule has 0 fully saturated rings. The summed E-state index contributed by atoms with van der Waals surface area (Å²) < 4.78 is 10.4. The van der Waals surface area contributed by atoms with Gasteiger partial charge in [-0.2, -0.15) is 0 Å². The second-order valence-corrected chi connectivity index (χ2v) is 5.55. The Morgan fingerprint density at radius 1 is 1.17 bits per heavy atom. The lowest BCUT2D eigenvalue weighted by Crippen LogP contribution is -1.93. The molecule has 0 aliphatic heterocycles. The van der Waals surface area contributed by atoms with Crippen molar-refractivity contribution >= 4 is 11.6 Å². The van der Waals surface area contributed by atoms with Gasteiger partial charge in [0.2, 0.25) is 0 Å². The second-order valence-electron chi connectivity index (χ2n) is 5.12. The highest BCUT2D eigenvalue weighted by molar-refractivity contribution is 6.30. The van der Waals surface area contributed by atoms with Crippen LogP contribution in [0.4, 0.5) is 0 Å². The summed E-state index contributed by atoms with van der Waals surface area (Å²) in [5, 5.41) is 15.1. The van der Waals surface area contributed by atoms with Gasteiger partial charge in [-0.25, -0.2) is 0 Å². The number of aromatic nitrogens is 1. The summed E-state index contributed by atoms with van der Waals surface area (Å²) in [4.78, 5) is 0. The topological polar surface area (TPSA) is 55.5 Å². The Labute approximate surface area is 139 Å². The van der Waals surface area contributed by atoms with E-state index in [1.807, 2.05) is 25.1 Å². The highest BCUT2D eigenvalue weighted by Gasteiger charge is 2.18. The molecule has 0 amide bonds. The van der Waals surface area contributed by atoms with Gasteiger partial charge in [-0.05, 0) is 35.7 Å². The molecule has 0 aliphatic carbocycles. The first-order chi connectivity index (χ1) is 11.1. The molecule has 0 aliphatic rings. The van der Waals surface area contributed by atoms with Crippen molar-refractivity contribution in [1.29, 1.82) is 0 Å². The molecule has 0 saturated carbocycles. The van der Waals surface area contributed by atoms with Crippen LogP contribution in [-0.2, 0) is 6.42 Å². The number of benzene rings is 2. The second kappa shape index (κ2) is 6.34. The van der Waals surface area contributed by atoms with Gasteiger partial charge in [0, 0.05) is 22.2 Å². The fourth-order valence-electron chi connectivity index (χ4n) is 2.54. The van der Waals surface area contributed by atoms with Gasteiger partial charge in [0.25, 0.3) is 0 Å². The van der Waals surface area contributed by atoms with Crippen LogP contribution in [-0.4, -0.2) is 17.4 Å². The van der Waals surface area contributed by atoms with E-state index in [1.165, 1.54) is 0 Å². The third-order valence-electron chi connectivity index (χ3n) is 3.76. The molecule has 3 rings (SSSR count). The maximum Gasteiger partial charge on any atom is 0.132 e. The van der Waals surface area contributed by atoms with E-state index in [-0.39, 0.29) is 5.75 Å². The van der Waals surface area contributed by atoms with Gasteiger partial charge in [-0.3, -0.25) is 0 Å². The van der Waals surface area contributed by atoms with Crippen LogP contribution in [0, 0.1) is 0 Å². The fraction of sp³-hybridized carbons (Fsp3) is 0.167. The molecular formula is C18H16ClNO3. The molecule has 118 valence electrons. The standard InChI is InChI=1S/C18H16ClNO3/c1-3-11-8-14(16(21)9-17(11)22-2)18-15(10-23-20-18)12-4-6-13(19)7-5-12/h4-10,21H,3H2,1-2H3. The molecule has 1 aromatic heterocycles. The predicted molar refractivity (Wildman–Crippen MR) is 90.0 cm³/mol. The highest BCUT2D eigenvalue weighted by Crippen LogP contribution is 2.39. The van der Waals surface area contributed by atoms with Crippen molar-refractivity contribution in [1.82, 2.24) is 5.16 Å². The molecule has 2 aromatic carbocycles. The number of hydrogen-bond donors (Lipinski definition) is 1. The Bertz CT molecular complexity index is 825. The third-order valence-corrected chi connectivity index (χ3v) is 4.01. The lowest BCUT2D eigenvalue weighted by molar-refractivity contribution is 0.403. The zero-order valence-corrected chi connectivity index (χ0v) is 13.6. The minimum Gasteiger partial charge on any atom is -0.507 e. The highest BCUT2D eigenvalue weighted by atomic mass is 35.5. The third kappa shape index (κ3) is 2.90. The molecule has 0 radical (unpaired) electrons. The summed E-state index contributed by atoms with van der Waals surface area (Å²) in [6.07, 6.45) is 2.35. The Morgan fingerprint density at radius 3 is 2.57 bits per heavy atom. The van der Waals surface area contributed by atoms with Gasteiger partial charge in [0.05, 0.1) is 7.11 Å². The van der Waals surface area contributed by atoms with E-state index in [9.17, 15) is 5.11 Å². The Morgan fingerprint density at radius 2 is 1.91 bits per heavy atom. The van der Waals surface area contributed by atoms with Crippen LogP contribution in [0.5, 0.6) is 11.5 Å². The van der Waals surface area contributed by atoms with Crippen molar-refractivity contribution in [2.45, 2.75) is 13.3 Å². The number of phenolic OH excluding ortho intramolecular Hbond substituents is 1. The van der Waals surface area contributed by atoms with Gasteiger partial charge in [0.1, 0.15) is 23.5 Å². The minimum atomic E-state index is 0.100. The summed E-state index contributed by atoms with van der Waals surface area (Å²) in [6.45, 7) is 2.03. The van der Waals surface area contributed by atoms with E-state index in [4.69, 9.17) is 20.9 Å². The Hall–Kier alpha value is -2.46. The molecule has 23 heavy (non-hydrogen) atoms. The maximum atomic E-state index is 10.3. The van der Waals surface area contributed by atoms with E-state index in [2.05, 4.69) is 5.16 Å². The normalized spacial score (nSPS) is 10.7. The lowest BCUT2D eigenvalue weighted by atomic mass is 9.98. The maximum absolute atomic E-state index is 10.3. The van der Waals surface area contributed by atoms with Crippen LogP contribution in [0.1, 0.15) is 12.5 Å². The first kappa shape index (κ1) is 15.4. The molecule has 5 heteroatoms. The van der Waals surface area contributed by atoms with Crippen LogP contribution in [0.3, 0.4) is 0 Å². The number of rotatable bonds is 4. The number of nitrogens with zero attached hydrogens (tertiary/aromatic N) is 1. The average Bonchev–Trinajstić information content (AvgIpc) is 3.04. The summed E-state index contributed by atoms with van der Waals surface area (Å²) in [5.74, 6) is 0.758. The SMILES string of the molecule is CCc1cc(-c2nocc2-c2ccc(Cl)cc2)c(O)cc1OC. The van der Waals surface area contributed by atoms with E-state index >= 15 is 0 Å². The molecule has 0 atom stereocenters. The van der Waals surface area contributed by atoms with Crippen LogP contribution < -0.4 is 4.74 Å². The molecule has 3 aromatic rings. The lowest BCUT2D eigenvalue weighted by Gasteiger charge is -2.11. The number of hydrogen-bond acceptors (Lipinski definition) is 4. The number of ether oxygens (including phenoxy) is 1. The number of methoxy groups -OCH3 is 1. The van der Waals surface area contributed by atoms with E-state index < -0.39 is 0 Å². The van der Waals surface area contributed by atoms with E-state index in [1.54, 1.807) is 31.6 Å². The fourth-order valence-corrected chi connectivity index (χ4v) is 2.66. The number of aryl methyl sites for hydroxylation is 1. The van der Waals surface area contributed by atoms with Crippen molar-refractivity contribution in [3.8, 4) is 33.9 Å². The predicted octanol–water partition coefficient (Wildman–Crippen LogP) is 4.94. The van der Waals surface area contributed by atoms with E-state index in [0.29, 0.717) is 22.0 Å². The average molecular weight is 330 g/mol. The molecule has 1 heterocycles. The number of phenols is 1. The molecule has 0 bridgehead atoms. The Kier molecular flexibility index (Phi) is 4.26. The monoisotopic (exact) mass is 329 g/mol. The van der Waals surface area contributed by atoms with Crippen LogP contribution in [0.2, 0.25) is 5.02 Å². The first-order valence-electron chi connectivity index (χ1n) is 7.24. The van der Waals surface area contributed by atoms with Gasteiger partial charge in [-0.15, -0.1) is 0 Å². The van der Waals surface area contributed by atoms with Gasteiger partial charge in [-0.1, -0.05) is 35.8 Å². The quantitative estimate of drug-likeness (QED) is 0.736. The molecule has 1 N–H and O–H groups in total. The zero-order valence-electron chi connectivity index (χ0n) is 12.8. The zero-order chi connectivity index (χ0) is 16.4. The van der Waals surface area contributed by atoms with Gasteiger partial charge in [0.15, 0.2) is 0 Å². The smallest absolute Gasteiger partial charge is 0.132 e. The van der Waals surface area contributed by atoms with Crippen molar-refractivity contribution in [2.24, 2.45) is 0 Å². The summed E-state index contributed by atoms with van der Waals surface area (Å²) in [7, 11) is 1.59. The molecule has 0 unspecified atom stereocenters. The van der Waals surface area contributed by atoms with Crippen molar-refractivity contribution in [2.75, 3.05) is 7.11 Å².